The first kappa shape index (κ1) is 7.12. The molecule has 0 saturated carbocycles. The van der Waals surface area contributed by atoms with Gasteiger partial charge in [0.15, 0.2) is 6.29 Å². The molecule has 0 amide bonds. The molecule has 3 heteroatoms. The van der Waals surface area contributed by atoms with E-state index >= 15 is 0 Å². The standard InChI is InChI=1S/C7H12N2O/c1-3-7-8-5(2)6(4-10)9-7/h4,7-9H,3H2,1-2H3. The fraction of sp³-hybridized carbons (Fsp3) is 0.571. The molecule has 10 heavy (non-hydrogen) atoms. The molecule has 1 unspecified atom stereocenters. The van der Waals surface area contributed by atoms with Crippen LogP contribution in [0.2, 0.25) is 0 Å². The molecular formula is C7H12N2O. The lowest BCUT2D eigenvalue weighted by molar-refractivity contribution is -0.105. The van der Waals surface area contributed by atoms with E-state index in [2.05, 4.69) is 17.6 Å². The van der Waals surface area contributed by atoms with Gasteiger partial charge in [0.2, 0.25) is 0 Å². The van der Waals surface area contributed by atoms with Crippen molar-refractivity contribution >= 4 is 6.29 Å². The molecule has 1 rings (SSSR count). The molecular weight excluding hydrogens is 128 g/mol. The van der Waals surface area contributed by atoms with E-state index in [1.807, 2.05) is 6.92 Å². The van der Waals surface area contributed by atoms with Gasteiger partial charge in [-0.15, -0.1) is 0 Å². The van der Waals surface area contributed by atoms with Crippen molar-refractivity contribution in [1.82, 2.24) is 10.6 Å². The summed E-state index contributed by atoms with van der Waals surface area (Å²) in [5, 5.41) is 6.18. The van der Waals surface area contributed by atoms with Crippen molar-refractivity contribution in [1.29, 1.82) is 0 Å². The highest BCUT2D eigenvalue weighted by Crippen LogP contribution is 2.06. The SMILES string of the molecule is CCC1NC(C)=C(C=O)N1. The normalized spacial score (nSPS) is 24.0. The van der Waals surface area contributed by atoms with Gasteiger partial charge in [0, 0.05) is 5.70 Å². The molecule has 1 aliphatic rings. The van der Waals surface area contributed by atoms with E-state index in [1.165, 1.54) is 0 Å². The van der Waals surface area contributed by atoms with Crippen molar-refractivity contribution in [3.8, 4) is 0 Å². The summed E-state index contributed by atoms with van der Waals surface area (Å²) in [6.07, 6.45) is 2.08. The van der Waals surface area contributed by atoms with Gasteiger partial charge in [0.1, 0.15) is 0 Å². The maximum Gasteiger partial charge on any atom is 0.167 e. The number of allylic oxidation sites excluding steroid dienone is 2. The Morgan fingerprint density at radius 3 is 2.60 bits per heavy atom. The molecule has 0 spiro atoms. The van der Waals surface area contributed by atoms with Gasteiger partial charge < -0.3 is 10.6 Å². The number of carbonyl (C=O) groups excluding carboxylic acids is 1. The van der Waals surface area contributed by atoms with Crippen molar-refractivity contribution in [3.63, 3.8) is 0 Å². The van der Waals surface area contributed by atoms with Gasteiger partial charge in [-0.1, -0.05) is 6.92 Å². The smallest absolute Gasteiger partial charge is 0.167 e. The van der Waals surface area contributed by atoms with Gasteiger partial charge in [-0.2, -0.15) is 0 Å². The van der Waals surface area contributed by atoms with Crippen LogP contribution in [0.1, 0.15) is 20.3 Å². The molecule has 1 aliphatic heterocycles. The zero-order valence-electron chi connectivity index (χ0n) is 6.27. The first-order valence-corrected chi connectivity index (χ1v) is 3.47. The molecule has 0 bridgehead atoms. The first-order chi connectivity index (χ1) is 4.77. The zero-order chi connectivity index (χ0) is 7.56. The summed E-state index contributed by atoms with van der Waals surface area (Å²) in [6.45, 7) is 3.96. The van der Waals surface area contributed by atoms with E-state index < -0.39 is 0 Å². The Labute approximate surface area is 60.5 Å². The summed E-state index contributed by atoms with van der Waals surface area (Å²) in [4.78, 5) is 10.3. The van der Waals surface area contributed by atoms with Gasteiger partial charge in [0.05, 0.1) is 11.9 Å². The average Bonchev–Trinajstić information content (AvgIpc) is 2.30. The van der Waals surface area contributed by atoms with Crippen LogP contribution in [0, 0.1) is 0 Å². The third-order valence-corrected chi connectivity index (χ3v) is 1.65. The minimum atomic E-state index is 0.250. The van der Waals surface area contributed by atoms with E-state index in [1.54, 1.807) is 0 Å². The molecule has 0 fully saturated rings. The maximum absolute atomic E-state index is 10.3. The second-order valence-electron chi connectivity index (χ2n) is 2.41. The molecule has 0 radical (unpaired) electrons. The van der Waals surface area contributed by atoms with Crippen molar-refractivity contribution < 1.29 is 4.79 Å². The fourth-order valence-corrected chi connectivity index (χ4v) is 0.998. The minimum Gasteiger partial charge on any atom is -0.367 e. The summed E-state index contributed by atoms with van der Waals surface area (Å²) in [5.41, 5.74) is 1.63. The van der Waals surface area contributed by atoms with Crippen LogP contribution in [0.15, 0.2) is 11.4 Å². The summed E-state index contributed by atoms with van der Waals surface area (Å²) < 4.78 is 0. The minimum absolute atomic E-state index is 0.250. The molecule has 0 aromatic carbocycles. The number of nitrogens with one attached hydrogen (secondary N) is 2. The molecule has 3 nitrogen and oxygen atoms in total. The van der Waals surface area contributed by atoms with Gasteiger partial charge in [0.25, 0.3) is 0 Å². The highest BCUT2D eigenvalue weighted by Gasteiger charge is 2.16. The molecule has 0 aromatic rings. The highest BCUT2D eigenvalue weighted by atomic mass is 16.1. The molecule has 0 aromatic heterocycles. The first-order valence-electron chi connectivity index (χ1n) is 3.47. The Bertz CT molecular complexity index is 174. The summed E-state index contributed by atoms with van der Waals surface area (Å²) in [7, 11) is 0. The monoisotopic (exact) mass is 140 g/mol. The highest BCUT2D eigenvalue weighted by molar-refractivity contribution is 5.74. The van der Waals surface area contributed by atoms with E-state index in [9.17, 15) is 4.79 Å². The Balaban J connectivity index is 2.58. The number of carbonyl (C=O) groups is 1. The lowest BCUT2D eigenvalue weighted by Gasteiger charge is -2.08. The number of rotatable bonds is 2. The van der Waals surface area contributed by atoms with Crippen LogP contribution in [0.3, 0.4) is 0 Å². The van der Waals surface area contributed by atoms with Gasteiger partial charge in [-0.25, -0.2) is 0 Å². The summed E-state index contributed by atoms with van der Waals surface area (Å²) in [5.74, 6) is 0. The average molecular weight is 140 g/mol. The third-order valence-electron chi connectivity index (χ3n) is 1.65. The lowest BCUT2D eigenvalue weighted by Crippen LogP contribution is -2.31. The largest absolute Gasteiger partial charge is 0.367 e. The second kappa shape index (κ2) is 2.73. The number of hydrogen-bond donors (Lipinski definition) is 2. The van der Waals surface area contributed by atoms with E-state index in [4.69, 9.17) is 0 Å². The maximum atomic E-state index is 10.3. The fourth-order valence-electron chi connectivity index (χ4n) is 0.998. The predicted molar refractivity (Wildman–Crippen MR) is 39.1 cm³/mol. The molecule has 2 N–H and O–H groups in total. The molecule has 0 saturated heterocycles. The van der Waals surface area contributed by atoms with Crippen LogP contribution >= 0.6 is 0 Å². The van der Waals surface area contributed by atoms with Gasteiger partial charge >= 0.3 is 0 Å². The van der Waals surface area contributed by atoms with E-state index in [-0.39, 0.29) is 6.17 Å². The molecule has 56 valence electrons. The lowest BCUT2D eigenvalue weighted by atomic mass is 10.4. The van der Waals surface area contributed by atoms with Crippen LogP contribution < -0.4 is 10.6 Å². The Kier molecular flexibility index (Phi) is 1.94. The Hall–Kier alpha value is -0.990. The van der Waals surface area contributed by atoms with Crippen molar-refractivity contribution in [2.24, 2.45) is 0 Å². The third kappa shape index (κ3) is 1.12. The summed E-state index contributed by atoms with van der Waals surface area (Å²) >= 11 is 0. The van der Waals surface area contributed by atoms with Crippen LogP contribution in [-0.2, 0) is 4.79 Å². The van der Waals surface area contributed by atoms with Gasteiger partial charge in [-0.05, 0) is 13.3 Å². The molecule has 1 atom stereocenters. The molecule has 0 aliphatic carbocycles. The quantitative estimate of drug-likeness (QED) is 0.544. The summed E-state index contributed by atoms with van der Waals surface area (Å²) in [6, 6.07) is 0. The van der Waals surface area contributed by atoms with E-state index in [0.29, 0.717) is 5.70 Å². The predicted octanol–water partition coefficient (Wildman–Crippen LogP) is 0.346. The topological polar surface area (TPSA) is 41.1 Å². The van der Waals surface area contributed by atoms with Crippen LogP contribution in [0.25, 0.3) is 0 Å². The van der Waals surface area contributed by atoms with Crippen LogP contribution in [0.4, 0.5) is 0 Å². The molecule has 1 heterocycles. The number of aldehydes is 1. The van der Waals surface area contributed by atoms with Crippen LogP contribution in [0.5, 0.6) is 0 Å². The van der Waals surface area contributed by atoms with Gasteiger partial charge in [-0.3, -0.25) is 4.79 Å². The van der Waals surface area contributed by atoms with Crippen molar-refractivity contribution in [3.05, 3.63) is 11.4 Å². The number of hydrogen-bond acceptors (Lipinski definition) is 3. The Morgan fingerprint density at radius 1 is 1.60 bits per heavy atom. The Morgan fingerprint density at radius 2 is 2.30 bits per heavy atom. The van der Waals surface area contributed by atoms with Crippen molar-refractivity contribution in [2.75, 3.05) is 0 Å². The second-order valence-corrected chi connectivity index (χ2v) is 2.41. The van der Waals surface area contributed by atoms with Crippen LogP contribution in [-0.4, -0.2) is 12.5 Å². The van der Waals surface area contributed by atoms with Crippen molar-refractivity contribution in [2.45, 2.75) is 26.4 Å². The van der Waals surface area contributed by atoms with E-state index in [0.717, 1.165) is 18.4 Å². The zero-order valence-corrected chi connectivity index (χ0v) is 6.27.